The molecule has 6 nitrogen and oxygen atoms in total. The van der Waals surface area contributed by atoms with Crippen LogP contribution in [0.15, 0.2) is 11.8 Å². The molecule has 2 heterocycles. The van der Waals surface area contributed by atoms with E-state index in [1.165, 1.54) is 4.90 Å². The van der Waals surface area contributed by atoms with Crippen LogP contribution in [0.5, 0.6) is 0 Å². The number of fused-ring (bicyclic) bond motifs is 1. The zero-order valence-electron chi connectivity index (χ0n) is 12.9. The molecule has 0 saturated carbocycles. The first kappa shape index (κ1) is 17.9. The summed E-state index contributed by atoms with van der Waals surface area (Å²) in [5.74, 6) is -0.358. The first-order chi connectivity index (χ1) is 10.3. The summed E-state index contributed by atoms with van der Waals surface area (Å²) < 4.78 is 68.9. The molecule has 1 saturated heterocycles. The van der Waals surface area contributed by atoms with Gasteiger partial charge in [0.1, 0.15) is 11.4 Å². The van der Waals surface area contributed by atoms with Crippen molar-refractivity contribution in [2.75, 3.05) is 6.54 Å². The van der Waals surface area contributed by atoms with E-state index in [0.717, 1.165) is 6.08 Å². The van der Waals surface area contributed by atoms with E-state index in [0.29, 0.717) is 6.42 Å². The first-order valence-corrected chi connectivity index (χ1v) is 8.44. The van der Waals surface area contributed by atoms with Gasteiger partial charge in [-0.25, -0.2) is 4.79 Å². The molecule has 132 valence electrons. The van der Waals surface area contributed by atoms with Crippen molar-refractivity contribution < 1.29 is 35.3 Å². The van der Waals surface area contributed by atoms with Crippen molar-refractivity contribution in [3.8, 4) is 0 Å². The Labute approximate surface area is 132 Å². The van der Waals surface area contributed by atoms with Crippen LogP contribution in [-0.4, -0.2) is 43.1 Å². The van der Waals surface area contributed by atoms with Crippen LogP contribution in [-0.2, 0) is 19.0 Å². The third-order valence-corrected chi connectivity index (χ3v) is 5.29. The second-order valence-electron chi connectivity index (χ2n) is 6.27. The van der Waals surface area contributed by atoms with Gasteiger partial charge in [0.25, 0.3) is 0 Å². The van der Waals surface area contributed by atoms with Gasteiger partial charge in [-0.15, -0.1) is 0 Å². The van der Waals surface area contributed by atoms with Gasteiger partial charge in [0, 0.05) is 19.0 Å². The van der Waals surface area contributed by atoms with Crippen molar-refractivity contribution in [2.24, 2.45) is 5.92 Å². The third kappa shape index (κ3) is 3.56. The highest BCUT2D eigenvalue weighted by Gasteiger charge is 2.50. The molecule has 0 aromatic carbocycles. The molecule has 0 aromatic heterocycles. The van der Waals surface area contributed by atoms with Crippen molar-refractivity contribution in [3.05, 3.63) is 11.8 Å². The maximum Gasteiger partial charge on any atom is 0.534 e. The predicted octanol–water partition coefficient (Wildman–Crippen LogP) is 2.77. The van der Waals surface area contributed by atoms with Crippen LogP contribution < -0.4 is 0 Å². The van der Waals surface area contributed by atoms with Crippen LogP contribution in [0.1, 0.15) is 33.6 Å². The van der Waals surface area contributed by atoms with E-state index in [1.807, 2.05) is 6.92 Å². The fourth-order valence-corrected chi connectivity index (χ4v) is 3.05. The molecule has 0 aromatic rings. The molecular formula is C13H18F3NO5S. The number of carbonyl (C=O) groups excluding carboxylic acids is 1. The van der Waals surface area contributed by atoms with Crippen LogP contribution in [0, 0.1) is 5.92 Å². The minimum atomic E-state index is -5.70. The lowest BCUT2D eigenvalue weighted by Gasteiger charge is -2.32. The molecule has 2 rings (SSSR count). The number of nitrogens with zero attached hydrogens (tertiary/aromatic N) is 1. The monoisotopic (exact) mass is 357 g/mol. The quantitative estimate of drug-likeness (QED) is 0.561. The number of rotatable bonds is 2. The van der Waals surface area contributed by atoms with E-state index in [-0.39, 0.29) is 24.6 Å². The molecule has 0 bridgehead atoms. The molecule has 10 heteroatoms. The van der Waals surface area contributed by atoms with E-state index >= 15 is 0 Å². The average molecular weight is 357 g/mol. The van der Waals surface area contributed by atoms with Crippen LogP contribution in [0.25, 0.3) is 0 Å². The number of hydrogen-bond acceptors (Lipinski definition) is 5. The Morgan fingerprint density at radius 3 is 2.57 bits per heavy atom. The molecule has 1 fully saturated rings. The smallest absolute Gasteiger partial charge is 0.443 e. The topological polar surface area (TPSA) is 72.9 Å². The second kappa shape index (κ2) is 5.57. The molecule has 0 aliphatic carbocycles. The van der Waals surface area contributed by atoms with Gasteiger partial charge >= 0.3 is 21.7 Å². The van der Waals surface area contributed by atoms with Crippen molar-refractivity contribution in [2.45, 2.75) is 50.8 Å². The van der Waals surface area contributed by atoms with E-state index in [4.69, 9.17) is 4.74 Å². The zero-order valence-corrected chi connectivity index (χ0v) is 13.7. The number of amides is 1. The third-order valence-electron chi connectivity index (χ3n) is 4.29. The summed E-state index contributed by atoms with van der Waals surface area (Å²) >= 11 is 0. The van der Waals surface area contributed by atoms with Crippen LogP contribution in [0.2, 0.25) is 0 Å². The Bertz CT molecular complexity index is 626. The van der Waals surface area contributed by atoms with Crippen molar-refractivity contribution in [1.29, 1.82) is 0 Å². The fraction of sp³-hybridized carbons (Fsp3) is 0.769. The molecule has 2 aliphatic heterocycles. The van der Waals surface area contributed by atoms with Gasteiger partial charge in [0.15, 0.2) is 0 Å². The zero-order chi connectivity index (χ0) is 17.6. The van der Waals surface area contributed by atoms with Gasteiger partial charge < -0.3 is 13.8 Å². The van der Waals surface area contributed by atoms with Crippen molar-refractivity contribution in [1.82, 2.24) is 4.90 Å². The van der Waals surface area contributed by atoms with Crippen LogP contribution >= 0.6 is 0 Å². The highest BCUT2D eigenvalue weighted by Crippen LogP contribution is 2.36. The van der Waals surface area contributed by atoms with Crippen molar-refractivity contribution >= 4 is 16.2 Å². The maximum absolute atomic E-state index is 12.4. The molecule has 1 amide bonds. The highest BCUT2D eigenvalue weighted by atomic mass is 32.2. The lowest BCUT2D eigenvalue weighted by molar-refractivity contribution is -0.0526. The van der Waals surface area contributed by atoms with Gasteiger partial charge in [-0.3, -0.25) is 0 Å². The van der Waals surface area contributed by atoms with Gasteiger partial charge in [0.2, 0.25) is 0 Å². The van der Waals surface area contributed by atoms with Crippen LogP contribution in [0.4, 0.5) is 18.0 Å². The number of ether oxygens (including phenoxy) is 1. The Morgan fingerprint density at radius 2 is 2.00 bits per heavy atom. The number of carbonyl (C=O) groups is 1. The molecular weight excluding hydrogens is 339 g/mol. The fourth-order valence-electron chi connectivity index (χ4n) is 2.54. The number of cyclic esters (lactones) is 1. The van der Waals surface area contributed by atoms with E-state index < -0.39 is 33.4 Å². The summed E-state index contributed by atoms with van der Waals surface area (Å²) in [5, 5.41) is 0. The minimum Gasteiger partial charge on any atom is -0.443 e. The molecule has 23 heavy (non-hydrogen) atoms. The molecule has 2 atom stereocenters. The molecule has 0 radical (unpaired) electrons. The summed E-state index contributed by atoms with van der Waals surface area (Å²) in [6.45, 7) is 5.32. The summed E-state index contributed by atoms with van der Waals surface area (Å²) in [4.78, 5) is 13.5. The minimum absolute atomic E-state index is 0.0555. The van der Waals surface area contributed by atoms with Gasteiger partial charge in [-0.05, 0) is 32.3 Å². The average Bonchev–Trinajstić information content (AvgIpc) is 2.43. The molecule has 0 N–H and O–H groups in total. The van der Waals surface area contributed by atoms with E-state index in [2.05, 4.69) is 4.18 Å². The number of alkyl halides is 3. The maximum atomic E-state index is 12.4. The Kier molecular flexibility index (Phi) is 4.33. The standard InChI is InChI=1S/C13H18F3NO5S/c1-8-6-9-7-10(22-23(19,20)13(14,15)16)4-5-17(9)11(18)21-12(8,2)3/h4,8-9H,5-7H2,1-3H3. The largest absolute Gasteiger partial charge is 0.534 e. The first-order valence-electron chi connectivity index (χ1n) is 7.03. The summed E-state index contributed by atoms with van der Waals surface area (Å²) in [5.41, 5.74) is -6.20. The van der Waals surface area contributed by atoms with Gasteiger partial charge in [-0.1, -0.05) is 6.92 Å². The Hall–Kier alpha value is -1.45. The van der Waals surface area contributed by atoms with E-state index in [1.54, 1.807) is 13.8 Å². The Balaban J connectivity index is 2.19. The lowest BCUT2D eigenvalue weighted by Crippen LogP contribution is -2.43. The second-order valence-corrected chi connectivity index (χ2v) is 7.81. The summed E-state index contributed by atoms with van der Waals surface area (Å²) in [6.07, 6.45) is 0.943. The SMILES string of the molecule is CC1CC2CC(OS(=O)(=O)C(F)(F)F)=CCN2C(=O)OC1(C)C. The number of hydrogen-bond donors (Lipinski definition) is 0. The van der Waals surface area contributed by atoms with Crippen molar-refractivity contribution in [3.63, 3.8) is 0 Å². The van der Waals surface area contributed by atoms with Gasteiger partial charge in [-0.2, -0.15) is 21.6 Å². The Morgan fingerprint density at radius 1 is 1.39 bits per heavy atom. The predicted molar refractivity (Wildman–Crippen MR) is 73.6 cm³/mol. The normalized spacial score (nSPS) is 28.3. The molecule has 0 spiro atoms. The molecule has 2 unspecified atom stereocenters. The lowest BCUT2D eigenvalue weighted by atomic mass is 9.85. The highest BCUT2D eigenvalue weighted by molar-refractivity contribution is 7.87. The van der Waals surface area contributed by atoms with Gasteiger partial charge in [0.05, 0.1) is 0 Å². The molecule has 2 aliphatic rings. The number of halogens is 3. The summed E-state index contributed by atoms with van der Waals surface area (Å²) in [6, 6.07) is -0.470. The van der Waals surface area contributed by atoms with E-state index in [9.17, 15) is 26.4 Å². The van der Waals surface area contributed by atoms with Crippen LogP contribution in [0.3, 0.4) is 0 Å². The summed E-state index contributed by atoms with van der Waals surface area (Å²) in [7, 11) is -5.70.